The predicted octanol–water partition coefficient (Wildman–Crippen LogP) is 12.1. The number of benzene rings is 4. The quantitative estimate of drug-likeness (QED) is 0.0342. The molecule has 0 bridgehead atoms. The van der Waals surface area contributed by atoms with Crippen LogP contribution < -0.4 is 20.4 Å². The summed E-state index contributed by atoms with van der Waals surface area (Å²) in [5.41, 5.74) is 5.52. The van der Waals surface area contributed by atoms with Gasteiger partial charge < -0.3 is 29.9 Å². The number of nitrogens with zero attached hydrogens (tertiary/aromatic N) is 1. The summed E-state index contributed by atoms with van der Waals surface area (Å²) < 4.78 is 19.1. The Morgan fingerprint density at radius 2 is 1.44 bits per heavy atom. The fraction of sp³-hybridized carbons (Fsp3) is 0.525. The van der Waals surface area contributed by atoms with Crippen LogP contribution in [0.5, 0.6) is 5.75 Å². The molecule has 4 aromatic rings. The van der Waals surface area contributed by atoms with Gasteiger partial charge in [0.05, 0.1) is 12.1 Å². The second kappa shape index (κ2) is 24.3. The van der Waals surface area contributed by atoms with E-state index in [9.17, 15) is 19.2 Å². The smallest absolute Gasteiger partial charge is 0.407 e. The number of ether oxygens (including phenoxy) is 2. The Labute approximate surface area is 434 Å². The lowest BCUT2D eigenvalue weighted by atomic mass is 9.72. The van der Waals surface area contributed by atoms with Gasteiger partial charge >= 0.3 is 12.1 Å². The van der Waals surface area contributed by atoms with Crippen molar-refractivity contribution in [3.05, 3.63) is 119 Å². The molecule has 1 aliphatic heterocycles. The molecule has 388 valence electrons. The molecule has 0 radical (unpaired) electrons. The molecule has 11 nitrogen and oxygen atoms in total. The third-order valence-corrected chi connectivity index (χ3v) is 20.8. The van der Waals surface area contributed by atoms with Crippen LogP contribution in [-0.4, -0.2) is 92.8 Å². The van der Waals surface area contributed by atoms with Gasteiger partial charge in [-0.3, -0.25) is 19.3 Å². The van der Waals surface area contributed by atoms with Gasteiger partial charge in [-0.05, 0) is 130 Å². The molecule has 1 saturated carbocycles. The molecule has 1 saturated heterocycles. The Kier molecular flexibility index (Phi) is 18.4. The summed E-state index contributed by atoms with van der Waals surface area (Å²) in [5, 5.41) is 9.50. The van der Waals surface area contributed by atoms with Crippen molar-refractivity contribution in [3.63, 3.8) is 0 Å². The Hall–Kier alpha value is -5.11. The van der Waals surface area contributed by atoms with Gasteiger partial charge in [-0.1, -0.05) is 119 Å². The maximum atomic E-state index is 14.7. The van der Waals surface area contributed by atoms with Crippen molar-refractivity contribution in [3.8, 4) is 16.9 Å². The van der Waals surface area contributed by atoms with E-state index in [1.807, 2.05) is 100 Å². The van der Waals surface area contributed by atoms with E-state index in [1.54, 1.807) is 11.8 Å². The summed E-state index contributed by atoms with van der Waals surface area (Å²) in [6, 6.07) is 31.2. The van der Waals surface area contributed by atoms with Crippen LogP contribution in [-0.2, 0) is 19.1 Å². The molecule has 7 rings (SSSR count). The van der Waals surface area contributed by atoms with E-state index in [4.69, 9.17) is 13.9 Å². The van der Waals surface area contributed by atoms with Crippen molar-refractivity contribution < 1.29 is 33.1 Å². The normalized spacial score (nSPS) is 18.9. The molecule has 3 amide bonds. The molecule has 4 aromatic carbocycles. The highest BCUT2D eigenvalue weighted by Gasteiger charge is 2.43. The molecule has 5 atom stereocenters. The van der Waals surface area contributed by atoms with Crippen molar-refractivity contribution in [1.29, 1.82) is 0 Å². The zero-order valence-corrected chi connectivity index (χ0v) is 46.1. The highest BCUT2D eigenvalue weighted by Crippen LogP contribution is 2.45. The van der Waals surface area contributed by atoms with Gasteiger partial charge in [0, 0.05) is 59.3 Å². The number of hydrogen-bond donors (Lipinski definition) is 3. The molecule has 13 heteroatoms. The van der Waals surface area contributed by atoms with Gasteiger partial charge in [0.2, 0.25) is 14.2 Å². The Balaban J connectivity index is 1.05. The van der Waals surface area contributed by atoms with E-state index < -0.39 is 38.1 Å². The number of alkyl carbamates (subject to hydrolysis) is 1. The standard InChI is InChI=1S/C59H80N4O7SSi/c1-40-44(31-22-32-52(40)70-72(8,9)59(5,6)7)55(65)61-50(39-71-43-25-12-10-13-26-43)53(37-63-36-42-24-16-15-23-41(42)35-51(63)56(66)62-58(2,3)4)69-54(64)33-14-11-21-34-60-57(67)68-38-49-47-29-19-17-27-45(47)46-28-18-20-30-48(46)49/h10,12-13,17-20,22,25-32,41-42,49-51,53H,11,14-16,21,23-24,33-39H2,1-9H3,(H,60,67)(H,61,65)(H,62,66)/t41-,42+,50-,51-,53+/m0/s1. The van der Waals surface area contributed by atoms with Crippen LogP contribution in [0.1, 0.15) is 132 Å². The number of hydrogen-bond acceptors (Lipinski definition) is 9. The van der Waals surface area contributed by atoms with Gasteiger partial charge in [-0.15, -0.1) is 11.8 Å². The third-order valence-electron chi connectivity index (χ3n) is 15.3. The van der Waals surface area contributed by atoms with Crippen LogP contribution in [0.15, 0.2) is 102 Å². The molecule has 3 N–H and O–H groups in total. The number of esters is 1. The summed E-state index contributed by atoms with van der Waals surface area (Å²) in [5.74, 6) is 1.35. The maximum Gasteiger partial charge on any atom is 0.407 e. The SMILES string of the molecule is Cc1c(O[Si](C)(C)C(C)(C)C)cccc1C(=O)N[C@@H](CSc1ccccc1)[C@@H](CN1C[C@H]2CCCC[C@H]2C[C@H]1C(=O)NC(C)(C)C)OC(=O)CCCCCNC(=O)OCC1c2ccccc2-c2ccccc21. The number of unbranched alkanes of at least 4 members (excludes halogenated alkanes) is 2. The lowest BCUT2D eigenvalue weighted by Gasteiger charge is -2.47. The average Bonchev–Trinajstić information content (AvgIpc) is 3.66. The summed E-state index contributed by atoms with van der Waals surface area (Å²) in [7, 11) is -2.23. The van der Waals surface area contributed by atoms with E-state index in [1.165, 1.54) is 17.5 Å². The fourth-order valence-electron chi connectivity index (χ4n) is 10.3. The van der Waals surface area contributed by atoms with Crippen LogP contribution in [0.4, 0.5) is 4.79 Å². The number of nitrogens with one attached hydrogen (secondary N) is 3. The zero-order valence-electron chi connectivity index (χ0n) is 44.3. The topological polar surface area (TPSA) is 135 Å². The average molecular weight is 1020 g/mol. The Bertz CT molecular complexity index is 2440. The molecular formula is C59H80N4O7SSi. The first-order chi connectivity index (χ1) is 34.3. The van der Waals surface area contributed by atoms with E-state index in [0.29, 0.717) is 54.7 Å². The molecular weight excluding hydrogens is 937 g/mol. The molecule has 2 aliphatic carbocycles. The van der Waals surface area contributed by atoms with Crippen LogP contribution in [0.25, 0.3) is 11.1 Å². The zero-order chi connectivity index (χ0) is 51.6. The third kappa shape index (κ3) is 14.3. The monoisotopic (exact) mass is 1020 g/mol. The minimum Gasteiger partial charge on any atom is -0.543 e. The first-order valence-electron chi connectivity index (χ1n) is 26.4. The number of rotatable bonds is 20. The Morgan fingerprint density at radius 3 is 2.11 bits per heavy atom. The van der Waals surface area contributed by atoms with E-state index >= 15 is 0 Å². The van der Waals surface area contributed by atoms with Gasteiger partial charge in [-0.2, -0.15) is 0 Å². The first kappa shape index (κ1) is 54.7. The molecule has 72 heavy (non-hydrogen) atoms. The molecule has 3 aliphatic rings. The number of fused-ring (bicyclic) bond motifs is 4. The summed E-state index contributed by atoms with van der Waals surface area (Å²) in [6.07, 6.45) is 6.12. The van der Waals surface area contributed by atoms with Crippen molar-refractivity contribution in [1.82, 2.24) is 20.9 Å². The van der Waals surface area contributed by atoms with Gasteiger partial charge in [-0.25, -0.2) is 4.79 Å². The molecule has 1 heterocycles. The highest BCUT2D eigenvalue weighted by atomic mass is 32.2. The number of carbonyl (C=O) groups excluding carboxylic acids is 4. The molecule has 0 unspecified atom stereocenters. The lowest BCUT2D eigenvalue weighted by Crippen LogP contribution is -2.61. The lowest BCUT2D eigenvalue weighted by molar-refractivity contribution is -0.153. The summed E-state index contributed by atoms with van der Waals surface area (Å²) in [4.78, 5) is 59.3. The first-order valence-corrected chi connectivity index (χ1v) is 30.3. The summed E-state index contributed by atoms with van der Waals surface area (Å²) in [6.45, 7) is 20.6. The predicted molar refractivity (Wildman–Crippen MR) is 292 cm³/mol. The summed E-state index contributed by atoms with van der Waals surface area (Å²) >= 11 is 1.60. The van der Waals surface area contributed by atoms with E-state index in [0.717, 1.165) is 53.8 Å². The van der Waals surface area contributed by atoms with Crippen LogP contribution in [0, 0.1) is 18.8 Å². The van der Waals surface area contributed by atoms with Crippen LogP contribution >= 0.6 is 11.8 Å². The number of thioether (sulfide) groups is 1. The molecule has 0 aromatic heterocycles. The van der Waals surface area contributed by atoms with E-state index in [2.05, 4.69) is 79.0 Å². The molecule has 0 spiro atoms. The second-order valence-corrected chi connectivity index (χ2v) is 28.7. The number of amides is 3. The Morgan fingerprint density at radius 1 is 0.792 bits per heavy atom. The minimum atomic E-state index is -2.23. The van der Waals surface area contributed by atoms with E-state index in [-0.39, 0.29) is 48.3 Å². The van der Waals surface area contributed by atoms with Crippen molar-refractivity contribution in [2.75, 3.05) is 32.0 Å². The maximum absolute atomic E-state index is 14.7. The van der Waals surface area contributed by atoms with Gasteiger partial charge in [0.1, 0.15) is 18.5 Å². The number of carbonyl (C=O) groups is 4. The fourth-order valence-corrected chi connectivity index (χ4v) is 12.4. The van der Waals surface area contributed by atoms with Crippen molar-refractivity contribution >= 4 is 44.0 Å². The highest BCUT2D eigenvalue weighted by molar-refractivity contribution is 7.99. The molecule has 2 fully saturated rings. The van der Waals surface area contributed by atoms with Gasteiger partial charge in [0.15, 0.2) is 0 Å². The minimum absolute atomic E-state index is 0.0169. The van der Waals surface area contributed by atoms with Crippen molar-refractivity contribution in [2.24, 2.45) is 11.8 Å². The largest absolute Gasteiger partial charge is 0.543 e. The number of piperidine rings is 1. The van der Waals surface area contributed by atoms with Crippen LogP contribution in [0.3, 0.4) is 0 Å². The second-order valence-electron chi connectivity index (χ2n) is 22.8. The van der Waals surface area contributed by atoms with Crippen LogP contribution in [0.2, 0.25) is 18.1 Å². The number of likely N-dealkylation sites (tertiary alicyclic amines) is 1. The van der Waals surface area contributed by atoms with Crippen molar-refractivity contribution in [2.45, 2.75) is 159 Å². The van der Waals surface area contributed by atoms with Gasteiger partial charge in [0.25, 0.3) is 5.91 Å².